The number of piperazine rings is 1. The van der Waals surface area contributed by atoms with E-state index in [1.165, 1.54) is 28.7 Å². The standard InChI is InChI=1S/C22H26N6OS/c1-14(19(23)29)27-9-11-28(12-10-27)21-18-16-6-2-3-7-17(16)30-22(18)26-20(25-21)15-5-4-8-24-13-15/h4-5,8,13-14H,2-3,6-7,9-12H2,1H3,(H2,23,29). The maximum absolute atomic E-state index is 11.6. The number of aryl methyl sites for hydroxylation is 2. The zero-order chi connectivity index (χ0) is 20.7. The van der Waals surface area contributed by atoms with Crippen LogP contribution < -0.4 is 10.6 Å². The Morgan fingerprint density at radius 2 is 1.97 bits per heavy atom. The molecule has 1 atom stereocenters. The number of primary amides is 1. The first kappa shape index (κ1) is 19.4. The van der Waals surface area contributed by atoms with Gasteiger partial charge in [-0.1, -0.05) is 0 Å². The molecule has 1 saturated heterocycles. The fraction of sp³-hybridized carbons (Fsp3) is 0.455. The van der Waals surface area contributed by atoms with Gasteiger partial charge in [-0.3, -0.25) is 14.7 Å². The molecule has 0 spiro atoms. The average Bonchev–Trinajstić information content (AvgIpc) is 3.17. The van der Waals surface area contributed by atoms with Gasteiger partial charge in [-0.15, -0.1) is 11.3 Å². The Morgan fingerprint density at radius 1 is 1.17 bits per heavy atom. The molecule has 8 heteroatoms. The predicted molar refractivity (Wildman–Crippen MR) is 120 cm³/mol. The van der Waals surface area contributed by atoms with Crippen molar-refractivity contribution in [2.45, 2.75) is 38.6 Å². The van der Waals surface area contributed by atoms with Gasteiger partial charge in [-0.05, 0) is 50.3 Å². The van der Waals surface area contributed by atoms with Crippen molar-refractivity contribution in [3.8, 4) is 11.4 Å². The van der Waals surface area contributed by atoms with Gasteiger partial charge in [0.1, 0.15) is 10.6 Å². The monoisotopic (exact) mass is 422 g/mol. The van der Waals surface area contributed by atoms with Crippen LogP contribution in [0.5, 0.6) is 0 Å². The molecule has 3 aromatic rings. The molecule has 0 aromatic carbocycles. The first-order valence-electron chi connectivity index (χ1n) is 10.6. The number of amides is 1. The van der Waals surface area contributed by atoms with E-state index < -0.39 is 0 Å². The number of nitrogens with zero attached hydrogens (tertiary/aromatic N) is 5. The van der Waals surface area contributed by atoms with Gasteiger partial charge in [0.15, 0.2) is 5.82 Å². The summed E-state index contributed by atoms with van der Waals surface area (Å²) in [5, 5.41) is 1.23. The lowest BCUT2D eigenvalue weighted by Crippen LogP contribution is -2.53. The van der Waals surface area contributed by atoms with Crippen molar-refractivity contribution in [1.82, 2.24) is 19.9 Å². The Bertz CT molecular complexity index is 1070. The van der Waals surface area contributed by atoms with Gasteiger partial charge < -0.3 is 10.6 Å². The first-order valence-corrected chi connectivity index (χ1v) is 11.4. The van der Waals surface area contributed by atoms with E-state index in [4.69, 9.17) is 15.7 Å². The number of aromatic nitrogens is 3. The molecule has 2 N–H and O–H groups in total. The summed E-state index contributed by atoms with van der Waals surface area (Å²) in [6.45, 7) is 5.12. The molecule has 0 bridgehead atoms. The highest BCUT2D eigenvalue weighted by Crippen LogP contribution is 2.41. The number of hydrogen-bond donors (Lipinski definition) is 1. The Labute approximate surface area is 179 Å². The molecule has 5 rings (SSSR count). The maximum atomic E-state index is 11.6. The van der Waals surface area contributed by atoms with Crippen molar-refractivity contribution < 1.29 is 4.79 Å². The molecule has 0 radical (unpaired) electrons. The van der Waals surface area contributed by atoms with E-state index in [1.54, 1.807) is 6.20 Å². The van der Waals surface area contributed by atoms with Gasteiger partial charge in [0.25, 0.3) is 0 Å². The van der Waals surface area contributed by atoms with Crippen LogP contribution in [0.15, 0.2) is 24.5 Å². The molecule has 1 aliphatic heterocycles. The molecule has 1 amide bonds. The molecule has 1 fully saturated rings. The van der Waals surface area contributed by atoms with Crippen molar-refractivity contribution in [2.24, 2.45) is 5.73 Å². The van der Waals surface area contributed by atoms with Crippen LogP contribution in [0.3, 0.4) is 0 Å². The van der Waals surface area contributed by atoms with Crippen LogP contribution in [0.4, 0.5) is 5.82 Å². The van der Waals surface area contributed by atoms with Crippen LogP contribution >= 0.6 is 11.3 Å². The van der Waals surface area contributed by atoms with Crippen molar-refractivity contribution in [1.29, 1.82) is 0 Å². The zero-order valence-corrected chi connectivity index (χ0v) is 18.0. The smallest absolute Gasteiger partial charge is 0.234 e. The summed E-state index contributed by atoms with van der Waals surface area (Å²) in [5.41, 5.74) is 7.90. The molecule has 2 aliphatic rings. The number of fused-ring (bicyclic) bond motifs is 3. The molecule has 1 aliphatic carbocycles. The fourth-order valence-corrected chi connectivity index (χ4v) is 5.75. The minimum Gasteiger partial charge on any atom is -0.368 e. The first-order chi connectivity index (χ1) is 14.6. The van der Waals surface area contributed by atoms with E-state index in [0.29, 0.717) is 0 Å². The topological polar surface area (TPSA) is 88.2 Å². The van der Waals surface area contributed by atoms with E-state index in [0.717, 1.165) is 61.1 Å². The minimum absolute atomic E-state index is 0.238. The van der Waals surface area contributed by atoms with E-state index in [-0.39, 0.29) is 11.9 Å². The second-order valence-corrected chi connectivity index (χ2v) is 9.19. The summed E-state index contributed by atoms with van der Waals surface area (Å²) in [6, 6.07) is 3.70. The highest BCUT2D eigenvalue weighted by Gasteiger charge is 2.28. The van der Waals surface area contributed by atoms with E-state index in [1.807, 2.05) is 36.6 Å². The number of carbonyl (C=O) groups is 1. The summed E-state index contributed by atoms with van der Waals surface area (Å²) < 4.78 is 0. The van der Waals surface area contributed by atoms with Crippen molar-refractivity contribution in [2.75, 3.05) is 31.1 Å². The van der Waals surface area contributed by atoms with E-state index >= 15 is 0 Å². The SMILES string of the molecule is CC(C(N)=O)N1CCN(c2nc(-c3cccnc3)nc3sc4c(c23)CCCC4)CC1. The second kappa shape index (κ2) is 7.92. The zero-order valence-electron chi connectivity index (χ0n) is 17.2. The summed E-state index contributed by atoms with van der Waals surface area (Å²) >= 11 is 1.83. The van der Waals surface area contributed by atoms with E-state index in [9.17, 15) is 4.79 Å². The Hall–Kier alpha value is -2.58. The lowest BCUT2D eigenvalue weighted by Gasteiger charge is -2.38. The lowest BCUT2D eigenvalue weighted by molar-refractivity contribution is -0.122. The van der Waals surface area contributed by atoms with E-state index in [2.05, 4.69) is 14.8 Å². The third-order valence-corrected chi connectivity index (χ3v) is 7.47. The number of thiophene rings is 1. The lowest BCUT2D eigenvalue weighted by atomic mass is 9.96. The summed E-state index contributed by atoms with van der Waals surface area (Å²) in [4.78, 5) is 32.9. The van der Waals surface area contributed by atoms with Gasteiger partial charge in [0.05, 0.1) is 11.4 Å². The van der Waals surface area contributed by atoms with Gasteiger partial charge in [-0.25, -0.2) is 9.97 Å². The summed E-state index contributed by atoms with van der Waals surface area (Å²) in [6.07, 6.45) is 8.32. The highest BCUT2D eigenvalue weighted by atomic mass is 32.1. The van der Waals surface area contributed by atoms with Crippen LogP contribution in [0.1, 0.15) is 30.2 Å². The third kappa shape index (κ3) is 3.44. The van der Waals surface area contributed by atoms with Crippen LogP contribution in [-0.4, -0.2) is 58.0 Å². The average molecular weight is 423 g/mol. The molecule has 1 unspecified atom stereocenters. The predicted octanol–water partition coefficient (Wildman–Crippen LogP) is 2.63. The number of pyridine rings is 1. The minimum atomic E-state index is -0.265. The van der Waals surface area contributed by atoms with Crippen molar-refractivity contribution in [3.05, 3.63) is 35.0 Å². The maximum Gasteiger partial charge on any atom is 0.234 e. The molecular formula is C22H26N6OS. The largest absolute Gasteiger partial charge is 0.368 e. The Morgan fingerprint density at radius 3 is 2.70 bits per heavy atom. The van der Waals surface area contributed by atoms with Crippen LogP contribution in [0.25, 0.3) is 21.6 Å². The number of carbonyl (C=O) groups excluding carboxylic acids is 1. The van der Waals surface area contributed by atoms with Crippen LogP contribution in [0.2, 0.25) is 0 Å². The number of hydrogen-bond acceptors (Lipinski definition) is 7. The van der Waals surface area contributed by atoms with Gasteiger partial charge in [-0.2, -0.15) is 0 Å². The Balaban J connectivity index is 1.56. The van der Waals surface area contributed by atoms with Crippen LogP contribution in [-0.2, 0) is 17.6 Å². The molecule has 4 heterocycles. The van der Waals surface area contributed by atoms with Gasteiger partial charge in [0.2, 0.25) is 5.91 Å². The molecule has 30 heavy (non-hydrogen) atoms. The molecule has 7 nitrogen and oxygen atoms in total. The highest BCUT2D eigenvalue weighted by molar-refractivity contribution is 7.19. The second-order valence-electron chi connectivity index (χ2n) is 8.10. The van der Waals surface area contributed by atoms with Gasteiger partial charge >= 0.3 is 0 Å². The Kier molecular flexibility index (Phi) is 5.12. The molecule has 156 valence electrons. The third-order valence-electron chi connectivity index (χ3n) is 6.29. The molecule has 3 aromatic heterocycles. The summed E-state index contributed by atoms with van der Waals surface area (Å²) in [7, 11) is 0. The number of nitrogens with two attached hydrogens (primary N) is 1. The van der Waals surface area contributed by atoms with Gasteiger partial charge in [0, 0.05) is 49.0 Å². The van der Waals surface area contributed by atoms with Crippen molar-refractivity contribution >= 4 is 33.3 Å². The van der Waals surface area contributed by atoms with Crippen molar-refractivity contribution in [3.63, 3.8) is 0 Å². The number of rotatable bonds is 4. The quantitative estimate of drug-likeness (QED) is 0.695. The molecular weight excluding hydrogens is 396 g/mol. The number of anilines is 1. The fourth-order valence-electron chi connectivity index (χ4n) is 4.49. The normalized spacial score (nSPS) is 18.4. The summed E-state index contributed by atoms with van der Waals surface area (Å²) in [5.74, 6) is 1.50. The molecule has 0 saturated carbocycles. The van der Waals surface area contributed by atoms with Crippen LogP contribution in [0, 0.1) is 0 Å².